The normalized spacial score (nSPS) is 25.7. The largest absolute Gasteiger partial charge is 0.379 e. The van der Waals surface area contributed by atoms with Crippen LogP contribution in [0.5, 0.6) is 0 Å². The number of hydrogen-bond acceptors (Lipinski definition) is 2. The van der Waals surface area contributed by atoms with E-state index in [-0.39, 0.29) is 0 Å². The molecule has 1 fully saturated rings. The maximum atomic E-state index is 5.65. The monoisotopic (exact) mass is 206 g/mol. The van der Waals surface area contributed by atoms with Gasteiger partial charge in [0.15, 0.2) is 0 Å². The quantitative estimate of drug-likeness (QED) is 0.753. The van der Waals surface area contributed by atoms with Crippen LogP contribution in [0.2, 0.25) is 0 Å². The van der Waals surface area contributed by atoms with Crippen LogP contribution in [-0.2, 0) is 15.9 Å². The Hall–Kier alpha value is -0.860. The molecule has 0 aliphatic carbocycles. The van der Waals surface area contributed by atoms with Gasteiger partial charge in [-0.15, -0.1) is 0 Å². The Morgan fingerprint density at radius 3 is 2.80 bits per heavy atom. The second kappa shape index (κ2) is 5.29. The molecule has 1 aliphatic rings. The van der Waals surface area contributed by atoms with Gasteiger partial charge in [0, 0.05) is 13.5 Å². The summed E-state index contributed by atoms with van der Waals surface area (Å²) in [5.41, 5.74) is 1.39. The molecule has 2 heteroatoms. The van der Waals surface area contributed by atoms with Crippen molar-refractivity contribution in [3.05, 3.63) is 35.9 Å². The van der Waals surface area contributed by atoms with E-state index in [1.807, 2.05) is 0 Å². The molecule has 0 radical (unpaired) electrons. The molecule has 0 spiro atoms. The van der Waals surface area contributed by atoms with Gasteiger partial charge in [-0.05, 0) is 18.4 Å². The second-order valence-corrected chi connectivity index (χ2v) is 4.07. The summed E-state index contributed by atoms with van der Waals surface area (Å²) in [7, 11) is 1.76. The Bertz CT molecular complexity index is 284. The highest BCUT2D eigenvalue weighted by atomic mass is 16.5. The van der Waals surface area contributed by atoms with E-state index in [0.717, 1.165) is 25.9 Å². The Kier molecular flexibility index (Phi) is 3.75. The first-order valence-electron chi connectivity index (χ1n) is 5.57. The molecule has 2 unspecified atom stereocenters. The molecule has 0 amide bonds. The van der Waals surface area contributed by atoms with Crippen LogP contribution in [0.1, 0.15) is 18.4 Å². The van der Waals surface area contributed by atoms with Crippen molar-refractivity contribution in [3.8, 4) is 0 Å². The predicted octanol–water partition coefficient (Wildman–Crippen LogP) is 2.42. The van der Waals surface area contributed by atoms with Gasteiger partial charge in [0.2, 0.25) is 0 Å². The minimum absolute atomic E-state index is 0.311. The van der Waals surface area contributed by atoms with Crippen molar-refractivity contribution in [1.29, 1.82) is 0 Å². The van der Waals surface area contributed by atoms with Crippen LogP contribution in [-0.4, -0.2) is 25.9 Å². The zero-order valence-electron chi connectivity index (χ0n) is 9.19. The molecule has 0 bridgehead atoms. The third kappa shape index (κ3) is 3.05. The van der Waals surface area contributed by atoms with Gasteiger partial charge in [-0.3, -0.25) is 0 Å². The van der Waals surface area contributed by atoms with Gasteiger partial charge >= 0.3 is 0 Å². The van der Waals surface area contributed by atoms with Crippen molar-refractivity contribution in [1.82, 2.24) is 0 Å². The van der Waals surface area contributed by atoms with Crippen LogP contribution < -0.4 is 0 Å². The van der Waals surface area contributed by atoms with Crippen molar-refractivity contribution in [2.75, 3.05) is 13.7 Å². The summed E-state index contributed by atoms with van der Waals surface area (Å²) in [6.07, 6.45) is 3.94. The molecule has 0 aromatic heterocycles. The van der Waals surface area contributed by atoms with E-state index in [1.165, 1.54) is 5.56 Å². The Balaban J connectivity index is 1.75. The number of hydrogen-bond donors (Lipinski definition) is 0. The van der Waals surface area contributed by atoms with Crippen LogP contribution in [0.15, 0.2) is 30.3 Å². The number of rotatable bonds is 4. The Morgan fingerprint density at radius 1 is 1.33 bits per heavy atom. The number of benzene rings is 1. The van der Waals surface area contributed by atoms with Crippen molar-refractivity contribution >= 4 is 0 Å². The number of methoxy groups -OCH3 is 1. The summed E-state index contributed by atoms with van der Waals surface area (Å²) < 4.78 is 10.9. The third-order valence-electron chi connectivity index (χ3n) is 2.97. The fraction of sp³-hybridized carbons (Fsp3) is 0.538. The summed E-state index contributed by atoms with van der Waals surface area (Å²) in [6.45, 7) is 0.760. The standard InChI is InChI=1S/C13H18O2/c1-14-13-9-12(15-10-13)8-7-11-5-3-2-4-6-11/h2-6,12-13H,7-10H2,1H3. The van der Waals surface area contributed by atoms with Gasteiger partial charge in [0.1, 0.15) is 0 Å². The predicted molar refractivity (Wildman–Crippen MR) is 59.9 cm³/mol. The van der Waals surface area contributed by atoms with Gasteiger partial charge in [-0.25, -0.2) is 0 Å². The zero-order chi connectivity index (χ0) is 10.5. The summed E-state index contributed by atoms with van der Waals surface area (Å²) in [5.74, 6) is 0. The van der Waals surface area contributed by atoms with Crippen molar-refractivity contribution in [2.45, 2.75) is 31.5 Å². The lowest BCUT2D eigenvalue weighted by atomic mass is 10.0. The molecule has 0 saturated carbocycles. The number of ether oxygens (including phenoxy) is 2. The molecular weight excluding hydrogens is 188 g/mol. The second-order valence-electron chi connectivity index (χ2n) is 4.07. The van der Waals surface area contributed by atoms with Crippen molar-refractivity contribution < 1.29 is 9.47 Å². The van der Waals surface area contributed by atoms with E-state index in [9.17, 15) is 0 Å². The molecule has 1 saturated heterocycles. The fourth-order valence-electron chi connectivity index (χ4n) is 2.01. The highest BCUT2D eigenvalue weighted by Gasteiger charge is 2.24. The lowest BCUT2D eigenvalue weighted by Gasteiger charge is -2.08. The van der Waals surface area contributed by atoms with Gasteiger partial charge in [-0.1, -0.05) is 30.3 Å². The van der Waals surface area contributed by atoms with E-state index >= 15 is 0 Å². The summed E-state index contributed by atoms with van der Waals surface area (Å²) >= 11 is 0. The third-order valence-corrected chi connectivity index (χ3v) is 2.97. The van der Waals surface area contributed by atoms with E-state index in [1.54, 1.807) is 7.11 Å². The summed E-state index contributed by atoms with van der Waals surface area (Å²) in [5, 5.41) is 0. The van der Waals surface area contributed by atoms with Crippen LogP contribution in [0.3, 0.4) is 0 Å². The first-order valence-corrected chi connectivity index (χ1v) is 5.57. The number of aryl methyl sites for hydroxylation is 1. The van der Waals surface area contributed by atoms with Crippen LogP contribution in [0.4, 0.5) is 0 Å². The molecule has 1 aromatic rings. The van der Waals surface area contributed by atoms with Gasteiger partial charge in [-0.2, -0.15) is 0 Å². The fourth-order valence-corrected chi connectivity index (χ4v) is 2.01. The average Bonchev–Trinajstić information content (AvgIpc) is 2.76. The molecule has 1 heterocycles. The first-order chi connectivity index (χ1) is 7.38. The van der Waals surface area contributed by atoms with Crippen LogP contribution in [0.25, 0.3) is 0 Å². The minimum Gasteiger partial charge on any atom is -0.379 e. The molecule has 2 rings (SSSR count). The van der Waals surface area contributed by atoms with Gasteiger partial charge in [0.05, 0.1) is 18.8 Å². The minimum atomic E-state index is 0.311. The first kappa shape index (κ1) is 10.7. The highest BCUT2D eigenvalue weighted by Crippen LogP contribution is 2.20. The molecule has 82 valence electrons. The molecule has 2 atom stereocenters. The smallest absolute Gasteiger partial charge is 0.0829 e. The Morgan fingerprint density at radius 2 is 2.13 bits per heavy atom. The van der Waals surface area contributed by atoms with Crippen molar-refractivity contribution in [3.63, 3.8) is 0 Å². The maximum Gasteiger partial charge on any atom is 0.0829 e. The van der Waals surface area contributed by atoms with Crippen molar-refractivity contribution in [2.24, 2.45) is 0 Å². The van der Waals surface area contributed by atoms with E-state index in [2.05, 4.69) is 30.3 Å². The van der Waals surface area contributed by atoms with E-state index < -0.39 is 0 Å². The van der Waals surface area contributed by atoms with E-state index in [0.29, 0.717) is 12.2 Å². The summed E-state index contributed by atoms with van der Waals surface area (Å²) in [4.78, 5) is 0. The molecule has 1 aromatic carbocycles. The topological polar surface area (TPSA) is 18.5 Å². The average molecular weight is 206 g/mol. The molecule has 2 nitrogen and oxygen atoms in total. The lowest BCUT2D eigenvalue weighted by molar-refractivity contribution is 0.0650. The van der Waals surface area contributed by atoms with Gasteiger partial charge < -0.3 is 9.47 Å². The summed E-state index contributed by atoms with van der Waals surface area (Å²) in [6, 6.07) is 10.6. The Labute approximate surface area is 91.2 Å². The van der Waals surface area contributed by atoms with Crippen LogP contribution >= 0.6 is 0 Å². The lowest BCUT2D eigenvalue weighted by Crippen LogP contribution is -2.10. The van der Waals surface area contributed by atoms with Crippen LogP contribution in [0, 0.1) is 0 Å². The SMILES string of the molecule is COC1COC(CCc2ccccc2)C1. The highest BCUT2D eigenvalue weighted by molar-refractivity contribution is 5.14. The zero-order valence-corrected chi connectivity index (χ0v) is 9.19. The molecule has 15 heavy (non-hydrogen) atoms. The van der Waals surface area contributed by atoms with E-state index in [4.69, 9.17) is 9.47 Å². The molecular formula is C13H18O2. The molecule has 0 N–H and O–H groups in total. The maximum absolute atomic E-state index is 5.65. The molecule has 1 aliphatic heterocycles. The van der Waals surface area contributed by atoms with Gasteiger partial charge in [0.25, 0.3) is 0 Å².